The van der Waals surface area contributed by atoms with E-state index in [2.05, 4.69) is 23.1 Å². The van der Waals surface area contributed by atoms with Crippen LogP contribution in [0.25, 0.3) is 12.2 Å². The summed E-state index contributed by atoms with van der Waals surface area (Å²) in [4.78, 5) is 8.02. The number of aryl methyl sites for hydroxylation is 2. The first-order chi connectivity index (χ1) is 8.69. The van der Waals surface area contributed by atoms with Crippen LogP contribution in [0.2, 0.25) is 0 Å². The summed E-state index contributed by atoms with van der Waals surface area (Å²) in [5.41, 5.74) is 4.47. The smallest absolute Gasteiger partial charge is 0.0652 e. The fraction of sp³-hybridized carbons (Fsp3) is 0.125. The molecule has 0 radical (unpaired) electrons. The molecule has 2 nitrogen and oxygen atoms in total. The van der Waals surface area contributed by atoms with Crippen LogP contribution in [0.4, 0.5) is 0 Å². The number of aromatic nitrogens is 2. The Morgan fingerprint density at radius 1 is 1.00 bits per heavy atom. The summed E-state index contributed by atoms with van der Waals surface area (Å²) in [6.07, 6.45) is 8.92. The lowest BCUT2D eigenvalue weighted by atomic mass is 10.2. The average molecular weight is 238 g/mol. The molecule has 0 saturated heterocycles. The van der Waals surface area contributed by atoms with Crippen molar-refractivity contribution in [3.8, 4) is 0 Å². The van der Waals surface area contributed by atoms with Gasteiger partial charge in [-0.25, -0.2) is 0 Å². The van der Waals surface area contributed by atoms with Crippen molar-refractivity contribution in [2.45, 2.75) is 13.8 Å². The number of pyridine rings is 2. The summed E-state index contributed by atoms with van der Waals surface area (Å²) in [6, 6.07) is 5.91. The van der Waals surface area contributed by atoms with Crippen LogP contribution < -0.4 is 0 Å². The third-order valence-electron chi connectivity index (χ3n) is 2.54. The van der Waals surface area contributed by atoms with Gasteiger partial charge in [0.15, 0.2) is 0 Å². The molecule has 92 valence electrons. The largest absolute Gasteiger partial charge is 0.264 e. The molecular weight excluding hydrogens is 220 g/mol. The van der Waals surface area contributed by atoms with E-state index in [1.807, 2.05) is 44.3 Å². The summed E-state index contributed by atoms with van der Waals surface area (Å²) in [5, 5.41) is 0. The van der Waals surface area contributed by atoms with E-state index < -0.39 is 0 Å². The zero-order valence-electron chi connectivity index (χ0n) is 10.9. The van der Waals surface area contributed by atoms with Crippen molar-refractivity contribution in [3.63, 3.8) is 0 Å². The molecule has 2 rings (SSSR count). The lowest BCUT2D eigenvalue weighted by molar-refractivity contribution is 1.24. The highest BCUT2D eigenvalue weighted by Crippen LogP contribution is 2.04. The van der Waals surface area contributed by atoms with E-state index in [-0.39, 0.29) is 0 Å². The lowest BCUT2D eigenvalue weighted by Crippen LogP contribution is -1.82. The third-order valence-corrected chi connectivity index (χ3v) is 2.54. The highest BCUT2D eigenvalue weighted by Gasteiger charge is 1.89. The van der Waals surface area contributed by atoms with E-state index in [1.165, 1.54) is 11.1 Å². The molecule has 0 aliphatic carbocycles. The summed E-state index contributed by atoms with van der Waals surface area (Å²) in [7, 11) is 0. The summed E-state index contributed by atoms with van der Waals surface area (Å²) < 4.78 is 0. The molecule has 2 aromatic rings. The average Bonchev–Trinajstić information content (AvgIpc) is 2.41. The third kappa shape index (κ3) is 3.98. The minimum absolute atomic E-state index is 0.970. The molecular formula is C16H18N2. The minimum Gasteiger partial charge on any atom is -0.264 e. The standard InChI is InChI=1S/2C8H9N/c1-3-8-6-9-5-4-7(8)2;1-3-8-7(2)5-4-6-9-8/h2*3-6H,1H2,2H3. The maximum absolute atomic E-state index is 4.08. The Morgan fingerprint density at radius 3 is 2.22 bits per heavy atom. The molecule has 0 fully saturated rings. The molecule has 2 heteroatoms. The van der Waals surface area contributed by atoms with E-state index in [0.717, 1.165) is 11.3 Å². The molecule has 0 aromatic carbocycles. The molecule has 2 heterocycles. The van der Waals surface area contributed by atoms with Crippen molar-refractivity contribution in [2.24, 2.45) is 0 Å². The molecule has 0 unspecified atom stereocenters. The van der Waals surface area contributed by atoms with Gasteiger partial charge >= 0.3 is 0 Å². The lowest BCUT2D eigenvalue weighted by Gasteiger charge is -1.94. The Kier molecular flexibility index (Phi) is 5.52. The van der Waals surface area contributed by atoms with Gasteiger partial charge in [0.05, 0.1) is 5.69 Å². The zero-order chi connectivity index (χ0) is 13.4. The molecule has 0 saturated carbocycles. The number of hydrogen-bond donors (Lipinski definition) is 0. The Balaban J connectivity index is 0.000000180. The molecule has 0 bridgehead atoms. The van der Waals surface area contributed by atoms with E-state index in [4.69, 9.17) is 0 Å². The molecule has 18 heavy (non-hydrogen) atoms. The van der Waals surface area contributed by atoms with Gasteiger partial charge in [-0.3, -0.25) is 9.97 Å². The Bertz CT molecular complexity index is 481. The Labute approximate surface area is 109 Å². The van der Waals surface area contributed by atoms with Crippen LogP contribution in [0.5, 0.6) is 0 Å². The van der Waals surface area contributed by atoms with E-state index in [0.29, 0.717) is 0 Å². The summed E-state index contributed by atoms with van der Waals surface area (Å²) >= 11 is 0. The highest BCUT2D eigenvalue weighted by molar-refractivity contribution is 5.49. The van der Waals surface area contributed by atoms with Crippen molar-refractivity contribution in [2.75, 3.05) is 0 Å². The van der Waals surface area contributed by atoms with Crippen LogP contribution in [0.3, 0.4) is 0 Å². The van der Waals surface area contributed by atoms with Crippen molar-refractivity contribution >= 4 is 12.2 Å². The first-order valence-corrected chi connectivity index (χ1v) is 5.76. The van der Waals surface area contributed by atoms with E-state index in [1.54, 1.807) is 18.5 Å². The molecule has 0 amide bonds. The van der Waals surface area contributed by atoms with Crippen LogP contribution in [0.1, 0.15) is 22.4 Å². The quantitative estimate of drug-likeness (QED) is 0.788. The van der Waals surface area contributed by atoms with Gasteiger partial charge in [-0.2, -0.15) is 0 Å². The molecule has 0 atom stereocenters. The first kappa shape index (κ1) is 13.8. The van der Waals surface area contributed by atoms with Gasteiger partial charge in [0.2, 0.25) is 0 Å². The second-order valence-corrected chi connectivity index (χ2v) is 3.85. The number of rotatable bonds is 2. The predicted molar refractivity (Wildman–Crippen MR) is 78.1 cm³/mol. The molecule has 0 aliphatic heterocycles. The second-order valence-electron chi connectivity index (χ2n) is 3.85. The number of nitrogens with zero attached hydrogens (tertiary/aromatic N) is 2. The maximum Gasteiger partial charge on any atom is 0.0652 e. The maximum atomic E-state index is 4.08. The van der Waals surface area contributed by atoms with Crippen LogP contribution in [0, 0.1) is 13.8 Å². The van der Waals surface area contributed by atoms with Crippen molar-refractivity contribution < 1.29 is 0 Å². The molecule has 0 spiro atoms. The van der Waals surface area contributed by atoms with Crippen molar-refractivity contribution in [1.82, 2.24) is 9.97 Å². The van der Waals surface area contributed by atoms with Gasteiger partial charge in [0.25, 0.3) is 0 Å². The fourth-order valence-electron chi connectivity index (χ4n) is 1.40. The van der Waals surface area contributed by atoms with E-state index in [9.17, 15) is 0 Å². The van der Waals surface area contributed by atoms with E-state index >= 15 is 0 Å². The summed E-state index contributed by atoms with van der Waals surface area (Å²) in [5.74, 6) is 0. The zero-order valence-corrected chi connectivity index (χ0v) is 10.9. The molecule has 0 aliphatic rings. The second kappa shape index (κ2) is 7.17. The first-order valence-electron chi connectivity index (χ1n) is 5.76. The highest BCUT2D eigenvalue weighted by atomic mass is 14.7. The number of hydrogen-bond acceptors (Lipinski definition) is 2. The Hall–Kier alpha value is -2.22. The van der Waals surface area contributed by atoms with Gasteiger partial charge in [-0.15, -0.1) is 0 Å². The topological polar surface area (TPSA) is 25.8 Å². The van der Waals surface area contributed by atoms with Crippen molar-refractivity contribution in [3.05, 3.63) is 72.3 Å². The van der Waals surface area contributed by atoms with Gasteiger partial charge in [-0.05, 0) is 48.7 Å². The molecule has 2 aromatic heterocycles. The van der Waals surface area contributed by atoms with Crippen LogP contribution in [-0.4, -0.2) is 9.97 Å². The van der Waals surface area contributed by atoms with Gasteiger partial charge in [-0.1, -0.05) is 25.3 Å². The van der Waals surface area contributed by atoms with Gasteiger partial charge in [0, 0.05) is 18.6 Å². The SMILES string of the molecule is C=Cc1cnccc1C.C=Cc1ncccc1C. The normalized spacial score (nSPS) is 9.00. The predicted octanol–water partition coefficient (Wildman–Crippen LogP) is 4.07. The van der Waals surface area contributed by atoms with Crippen molar-refractivity contribution in [1.29, 1.82) is 0 Å². The van der Waals surface area contributed by atoms with Gasteiger partial charge in [0.1, 0.15) is 0 Å². The monoisotopic (exact) mass is 238 g/mol. The van der Waals surface area contributed by atoms with Crippen LogP contribution >= 0.6 is 0 Å². The van der Waals surface area contributed by atoms with Crippen LogP contribution in [0.15, 0.2) is 49.9 Å². The van der Waals surface area contributed by atoms with Gasteiger partial charge < -0.3 is 0 Å². The molecule has 0 N–H and O–H groups in total. The minimum atomic E-state index is 0.970. The Morgan fingerprint density at radius 2 is 1.78 bits per heavy atom. The fourth-order valence-corrected chi connectivity index (χ4v) is 1.40. The van der Waals surface area contributed by atoms with Crippen LogP contribution in [-0.2, 0) is 0 Å². The summed E-state index contributed by atoms with van der Waals surface area (Å²) in [6.45, 7) is 11.3.